The molecule has 3 nitrogen and oxygen atoms in total. The lowest BCUT2D eigenvalue weighted by molar-refractivity contribution is -0.0281. The van der Waals surface area contributed by atoms with E-state index in [1.807, 2.05) is 0 Å². The van der Waals surface area contributed by atoms with Crippen LogP contribution in [0.2, 0.25) is 0 Å². The summed E-state index contributed by atoms with van der Waals surface area (Å²) in [4.78, 5) is 0. The molecule has 1 heterocycles. The first-order chi connectivity index (χ1) is 5.70. The summed E-state index contributed by atoms with van der Waals surface area (Å²) in [6, 6.07) is 0.237. The molecule has 0 aromatic carbocycles. The van der Waals surface area contributed by atoms with E-state index in [0.29, 0.717) is 12.5 Å². The van der Waals surface area contributed by atoms with Gasteiger partial charge in [-0.15, -0.1) is 0 Å². The number of rotatable bonds is 3. The SMILES string of the molecule is CC(C)CN[C@@H]1CCOC[C@H]1O. The molecule has 0 unspecified atom stereocenters. The van der Waals surface area contributed by atoms with Crippen molar-refractivity contribution >= 4 is 0 Å². The van der Waals surface area contributed by atoms with Gasteiger partial charge in [-0.3, -0.25) is 0 Å². The standard InChI is InChI=1S/C9H19NO2/c1-7(2)5-10-8-3-4-12-6-9(8)11/h7-11H,3-6H2,1-2H3/t8-,9-/m1/s1. The summed E-state index contributed by atoms with van der Waals surface area (Å²) in [5.41, 5.74) is 0. The maximum Gasteiger partial charge on any atom is 0.0927 e. The molecule has 0 radical (unpaired) electrons. The Hall–Kier alpha value is -0.120. The minimum Gasteiger partial charge on any atom is -0.389 e. The molecular weight excluding hydrogens is 154 g/mol. The van der Waals surface area contributed by atoms with Crippen LogP contribution in [0.3, 0.4) is 0 Å². The third kappa shape index (κ3) is 3.09. The van der Waals surface area contributed by atoms with E-state index < -0.39 is 0 Å². The highest BCUT2D eigenvalue weighted by atomic mass is 16.5. The third-order valence-corrected chi connectivity index (χ3v) is 2.11. The fraction of sp³-hybridized carbons (Fsp3) is 1.00. The van der Waals surface area contributed by atoms with E-state index in [1.165, 1.54) is 0 Å². The van der Waals surface area contributed by atoms with E-state index in [9.17, 15) is 5.11 Å². The quantitative estimate of drug-likeness (QED) is 0.648. The number of hydrogen-bond donors (Lipinski definition) is 2. The van der Waals surface area contributed by atoms with Crippen molar-refractivity contribution in [1.29, 1.82) is 0 Å². The van der Waals surface area contributed by atoms with Crippen molar-refractivity contribution in [3.8, 4) is 0 Å². The van der Waals surface area contributed by atoms with Gasteiger partial charge in [-0.1, -0.05) is 13.8 Å². The molecule has 1 saturated heterocycles. The van der Waals surface area contributed by atoms with Crippen molar-refractivity contribution in [1.82, 2.24) is 5.32 Å². The van der Waals surface area contributed by atoms with E-state index in [1.54, 1.807) is 0 Å². The van der Waals surface area contributed by atoms with Gasteiger partial charge in [0.25, 0.3) is 0 Å². The van der Waals surface area contributed by atoms with Gasteiger partial charge in [0.1, 0.15) is 0 Å². The largest absolute Gasteiger partial charge is 0.389 e. The smallest absolute Gasteiger partial charge is 0.0927 e. The van der Waals surface area contributed by atoms with Gasteiger partial charge in [-0.25, -0.2) is 0 Å². The molecule has 12 heavy (non-hydrogen) atoms. The van der Waals surface area contributed by atoms with Crippen LogP contribution in [0.15, 0.2) is 0 Å². The summed E-state index contributed by atoms with van der Waals surface area (Å²) in [5.74, 6) is 0.639. The second kappa shape index (κ2) is 4.80. The maximum atomic E-state index is 9.49. The van der Waals surface area contributed by atoms with Gasteiger partial charge < -0.3 is 15.2 Å². The van der Waals surface area contributed by atoms with Crippen LogP contribution in [0.5, 0.6) is 0 Å². The van der Waals surface area contributed by atoms with E-state index in [0.717, 1.165) is 19.6 Å². The molecular formula is C9H19NO2. The second-order valence-corrected chi connectivity index (χ2v) is 3.84. The third-order valence-electron chi connectivity index (χ3n) is 2.11. The lowest BCUT2D eigenvalue weighted by atomic mass is 10.1. The predicted molar refractivity (Wildman–Crippen MR) is 48.1 cm³/mol. The van der Waals surface area contributed by atoms with Crippen LogP contribution < -0.4 is 5.32 Å². The van der Waals surface area contributed by atoms with Crippen LogP contribution >= 0.6 is 0 Å². The Bertz CT molecular complexity index is 128. The Morgan fingerprint density at radius 1 is 1.58 bits per heavy atom. The summed E-state index contributed by atoms with van der Waals surface area (Å²) < 4.78 is 5.13. The van der Waals surface area contributed by atoms with E-state index in [-0.39, 0.29) is 12.1 Å². The topological polar surface area (TPSA) is 41.5 Å². The zero-order valence-electron chi connectivity index (χ0n) is 7.92. The monoisotopic (exact) mass is 173 g/mol. The van der Waals surface area contributed by atoms with Crippen LogP contribution in [0.1, 0.15) is 20.3 Å². The molecule has 72 valence electrons. The van der Waals surface area contributed by atoms with Gasteiger partial charge in [0.05, 0.1) is 12.7 Å². The highest BCUT2D eigenvalue weighted by molar-refractivity contribution is 4.78. The van der Waals surface area contributed by atoms with Crippen molar-refractivity contribution in [3.05, 3.63) is 0 Å². The first-order valence-electron chi connectivity index (χ1n) is 4.69. The summed E-state index contributed by atoms with van der Waals surface area (Å²) in [6.45, 7) is 6.56. The van der Waals surface area contributed by atoms with Crippen molar-refractivity contribution in [2.75, 3.05) is 19.8 Å². The minimum absolute atomic E-state index is 0.237. The summed E-state index contributed by atoms with van der Waals surface area (Å²) in [5, 5.41) is 12.8. The van der Waals surface area contributed by atoms with E-state index in [4.69, 9.17) is 4.74 Å². The fourth-order valence-corrected chi connectivity index (χ4v) is 1.35. The molecule has 0 aromatic heterocycles. The van der Waals surface area contributed by atoms with Crippen molar-refractivity contribution in [3.63, 3.8) is 0 Å². The molecule has 0 aliphatic carbocycles. The Balaban J connectivity index is 2.20. The Labute approximate surface area is 74.1 Å². The van der Waals surface area contributed by atoms with Gasteiger partial charge in [0.2, 0.25) is 0 Å². The van der Waals surface area contributed by atoms with Gasteiger partial charge in [-0.2, -0.15) is 0 Å². The number of aliphatic hydroxyl groups excluding tert-OH is 1. The molecule has 0 bridgehead atoms. The highest BCUT2D eigenvalue weighted by Gasteiger charge is 2.22. The lowest BCUT2D eigenvalue weighted by Gasteiger charge is -2.29. The zero-order chi connectivity index (χ0) is 8.97. The maximum absolute atomic E-state index is 9.49. The van der Waals surface area contributed by atoms with Gasteiger partial charge in [-0.05, 0) is 18.9 Å². The van der Waals surface area contributed by atoms with Crippen LogP contribution in [-0.2, 0) is 4.74 Å². The van der Waals surface area contributed by atoms with Crippen LogP contribution in [0.4, 0.5) is 0 Å². The fourth-order valence-electron chi connectivity index (χ4n) is 1.35. The number of aliphatic hydroxyl groups is 1. The Kier molecular flexibility index (Phi) is 3.98. The molecule has 0 aromatic rings. The molecule has 1 rings (SSSR count). The van der Waals surface area contributed by atoms with Crippen LogP contribution in [0, 0.1) is 5.92 Å². The van der Waals surface area contributed by atoms with Crippen molar-refractivity contribution < 1.29 is 9.84 Å². The van der Waals surface area contributed by atoms with Gasteiger partial charge >= 0.3 is 0 Å². The number of nitrogens with one attached hydrogen (secondary N) is 1. The van der Waals surface area contributed by atoms with Crippen LogP contribution in [-0.4, -0.2) is 37.0 Å². The molecule has 2 atom stereocenters. The normalized spacial score (nSPS) is 31.0. The molecule has 1 fully saturated rings. The van der Waals surface area contributed by atoms with E-state index in [2.05, 4.69) is 19.2 Å². The molecule has 1 aliphatic heterocycles. The van der Waals surface area contributed by atoms with Crippen LogP contribution in [0.25, 0.3) is 0 Å². The highest BCUT2D eigenvalue weighted by Crippen LogP contribution is 2.07. The molecule has 0 saturated carbocycles. The van der Waals surface area contributed by atoms with Gasteiger partial charge in [0.15, 0.2) is 0 Å². The lowest BCUT2D eigenvalue weighted by Crippen LogP contribution is -2.47. The molecule has 3 heteroatoms. The van der Waals surface area contributed by atoms with Crippen molar-refractivity contribution in [2.45, 2.75) is 32.4 Å². The number of ether oxygens (including phenoxy) is 1. The Morgan fingerprint density at radius 3 is 2.92 bits per heavy atom. The summed E-state index contributed by atoms with van der Waals surface area (Å²) in [7, 11) is 0. The average molecular weight is 173 g/mol. The molecule has 0 spiro atoms. The molecule has 2 N–H and O–H groups in total. The van der Waals surface area contributed by atoms with E-state index >= 15 is 0 Å². The molecule has 1 aliphatic rings. The average Bonchev–Trinajstić information content (AvgIpc) is 2.03. The second-order valence-electron chi connectivity index (χ2n) is 3.84. The first kappa shape index (κ1) is 9.96. The van der Waals surface area contributed by atoms with Gasteiger partial charge in [0, 0.05) is 12.6 Å². The minimum atomic E-state index is -0.322. The first-order valence-corrected chi connectivity index (χ1v) is 4.69. The number of hydrogen-bond acceptors (Lipinski definition) is 3. The summed E-state index contributed by atoms with van der Waals surface area (Å²) >= 11 is 0. The summed E-state index contributed by atoms with van der Waals surface area (Å²) in [6.07, 6.45) is 0.603. The van der Waals surface area contributed by atoms with Crippen molar-refractivity contribution in [2.24, 2.45) is 5.92 Å². The predicted octanol–water partition coefficient (Wildman–Crippen LogP) is 0.382. The Morgan fingerprint density at radius 2 is 2.33 bits per heavy atom. The molecule has 0 amide bonds. The zero-order valence-corrected chi connectivity index (χ0v) is 7.92.